The van der Waals surface area contributed by atoms with Crippen LogP contribution in [0.1, 0.15) is 25.7 Å². The number of benzene rings is 2. The van der Waals surface area contributed by atoms with E-state index in [0.717, 1.165) is 23.6 Å². The van der Waals surface area contributed by atoms with Crippen LogP contribution in [0.3, 0.4) is 0 Å². The van der Waals surface area contributed by atoms with Crippen LogP contribution in [0, 0.1) is 0 Å². The molecular weight excluding hydrogens is 502 g/mol. The lowest BCUT2D eigenvalue weighted by molar-refractivity contribution is -0.131. The van der Waals surface area contributed by atoms with Gasteiger partial charge < -0.3 is 9.64 Å². The van der Waals surface area contributed by atoms with E-state index in [-0.39, 0.29) is 40.1 Å². The summed E-state index contributed by atoms with van der Waals surface area (Å²) in [7, 11) is -5.34. The Balaban J connectivity index is 1.79. The first-order chi connectivity index (χ1) is 16.1. The number of nitrogens with one attached hydrogen (secondary N) is 1. The van der Waals surface area contributed by atoms with Gasteiger partial charge >= 0.3 is 0 Å². The predicted molar refractivity (Wildman–Crippen MR) is 130 cm³/mol. The molecule has 0 radical (unpaired) electrons. The van der Waals surface area contributed by atoms with Gasteiger partial charge in [0.25, 0.3) is 10.0 Å². The number of anilines is 1. The third-order valence-corrected chi connectivity index (χ3v) is 9.11. The summed E-state index contributed by atoms with van der Waals surface area (Å²) in [6.45, 7) is 1.33. The summed E-state index contributed by atoms with van der Waals surface area (Å²) < 4.78 is 60.6. The molecule has 0 bridgehead atoms. The monoisotopic (exact) mass is 529 g/mol. The predicted octanol–water partition coefficient (Wildman–Crippen LogP) is 2.85. The highest BCUT2D eigenvalue weighted by molar-refractivity contribution is 7.92. The smallest absolute Gasteiger partial charge is 0.264 e. The molecule has 2 aromatic carbocycles. The number of hydrogen-bond acceptors (Lipinski definition) is 6. The van der Waals surface area contributed by atoms with E-state index in [1.807, 2.05) is 0 Å². The second kappa shape index (κ2) is 10.9. The highest BCUT2D eigenvalue weighted by Crippen LogP contribution is 2.33. The van der Waals surface area contributed by atoms with Gasteiger partial charge in [-0.3, -0.25) is 9.10 Å². The summed E-state index contributed by atoms with van der Waals surface area (Å²) in [6.07, 6.45) is 3.06. The van der Waals surface area contributed by atoms with Crippen molar-refractivity contribution >= 4 is 43.2 Å². The van der Waals surface area contributed by atoms with Crippen LogP contribution in [0.4, 0.5) is 5.69 Å². The van der Waals surface area contributed by atoms with Gasteiger partial charge in [-0.2, -0.15) is 0 Å². The summed E-state index contributed by atoms with van der Waals surface area (Å²) in [5.41, 5.74) is 0.0460. The van der Waals surface area contributed by atoms with Crippen molar-refractivity contribution < 1.29 is 26.4 Å². The van der Waals surface area contributed by atoms with E-state index in [1.54, 1.807) is 4.90 Å². The molecule has 12 heteroatoms. The largest absolute Gasteiger partial charge is 0.495 e. The normalized spacial score (nSPS) is 14.6. The first-order valence-corrected chi connectivity index (χ1v) is 14.1. The van der Waals surface area contributed by atoms with E-state index in [4.69, 9.17) is 16.3 Å². The highest BCUT2D eigenvalue weighted by Gasteiger charge is 2.26. The molecule has 1 aliphatic rings. The summed E-state index contributed by atoms with van der Waals surface area (Å²) in [6, 6.07) is 9.56. The average Bonchev–Trinajstić information content (AvgIpc) is 2.83. The molecule has 1 N–H and O–H groups in total. The third kappa shape index (κ3) is 6.01. The fourth-order valence-electron chi connectivity index (χ4n) is 3.65. The topological polar surface area (TPSA) is 113 Å². The molecule has 0 unspecified atom stereocenters. The molecule has 34 heavy (non-hydrogen) atoms. The molecule has 3 rings (SSSR count). The van der Waals surface area contributed by atoms with Gasteiger partial charge in [0, 0.05) is 38.1 Å². The van der Waals surface area contributed by atoms with Gasteiger partial charge in [0.05, 0.1) is 22.6 Å². The van der Waals surface area contributed by atoms with Gasteiger partial charge in [0.1, 0.15) is 5.75 Å². The van der Waals surface area contributed by atoms with E-state index < -0.39 is 20.0 Å². The summed E-state index contributed by atoms with van der Waals surface area (Å²) in [5, 5.41) is 0.386. The minimum atomic E-state index is -4.02. The molecule has 1 saturated heterocycles. The maximum absolute atomic E-state index is 13.1. The van der Waals surface area contributed by atoms with Crippen molar-refractivity contribution in [1.29, 1.82) is 0 Å². The average molecular weight is 530 g/mol. The van der Waals surface area contributed by atoms with Crippen LogP contribution in [-0.4, -0.2) is 61.4 Å². The zero-order valence-corrected chi connectivity index (χ0v) is 21.4. The summed E-state index contributed by atoms with van der Waals surface area (Å²) in [5.74, 6) is 0.0888. The maximum Gasteiger partial charge on any atom is 0.264 e. The SMILES string of the molecule is COc1ccc(S(=O)(=O)NCCC(=O)N2CCCCC2)cc1N(C)S(=O)(=O)c1ccc(Cl)cc1. The number of nitrogens with zero attached hydrogens (tertiary/aromatic N) is 2. The fraction of sp³-hybridized carbons (Fsp3) is 0.409. The van der Waals surface area contributed by atoms with Crippen molar-refractivity contribution in [2.45, 2.75) is 35.5 Å². The minimum absolute atomic E-state index is 0.0101. The Hall–Kier alpha value is -2.34. The van der Waals surface area contributed by atoms with Crippen LogP contribution in [-0.2, 0) is 24.8 Å². The molecule has 1 amide bonds. The van der Waals surface area contributed by atoms with Crippen LogP contribution in [0.2, 0.25) is 5.02 Å². The number of carbonyl (C=O) groups excluding carboxylic acids is 1. The highest BCUT2D eigenvalue weighted by atomic mass is 35.5. The van der Waals surface area contributed by atoms with Gasteiger partial charge in [0.2, 0.25) is 15.9 Å². The van der Waals surface area contributed by atoms with Crippen molar-refractivity contribution in [3.05, 3.63) is 47.5 Å². The van der Waals surface area contributed by atoms with E-state index >= 15 is 0 Å². The van der Waals surface area contributed by atoms with Gasteiger partial charge in [-0.05, 0) is 61.7 Å². The Morgan fingerprint density at radius 2 is 1.65 bits per heavy atom. The molecule has 1 heterocycles. The first-order valence-electron chi connectivity index (χ1n) is 10.8. The Labute approximate surface area is 205 Å². The molecule has 0 atom stereocenters. The Morgan fingerprint density at radius 1 is 1.03 bits per heavy atom. The number of carbonyl (C=O) groups is 1. The fourth-order valence-corrected chi connectivity index (χ4v) is 6.03. The van der Waals surface area contributed by atoms with Crippen LogP contribution in [0.15, 0.2) is 52.3 Å². The van der Waals surface area contributed by atoms with Gasteiger partial charge in [-0.15, -0.1) is 0 Å². The third-order valence-electron chi connectivity index (χ3n) is 5.61. The van der Waals surface area contributed by atoms with E-state index in [1.165, 1.54) is 56.6 Å². The lowest BCUT2D eigenvalue weighted by Crippen LogP contribution is -2.37. The second-order valence-electron chi connectivity index (χ2n) is 7.85. The van der Waals surface area contributed by atoms with Gasteiger partial charge in [-0.1, -0.05) is 11.6 Å². The number of methoxy groups -OCH3 is 1. The second-order valence-corrected chi connectivity index (χ2v) is 12.0. The molecule has 1 fully saturated rings. The zero-order valence-electron chi connectivity index (χ0n) is 19.0. The Morgan fingerprint density at radius 3 is 2.26 bits per heavy atom. The zero-order chi connectivity index (χ0) is 24.9. The number of ether oxygens (including phenoxy) is 1. The number of rotatable bonds is 9. The van der Waals surface area contributed by atoms with Crippen molar-refractivity contribution in [3.8, 4) is 5.75 Å². The molecule has 0 saturated carbocycles. The molecule has 0 aromatic heterocycles. The lowest BCUT2D eigenvalue weighted by Gasteiger charge is -2.26. The first kappa shape index (κ1) is 26.3. The molecular formula is C22H28ClN3O6S2. The number of likely N-dealkylation sites (tertiary alicyclic amines) is 1. The number of piperidine rings is 1. The Bertz CT molecular complexity index is 1230. The number of hydrogen-bond donors (Lipinski definition) is 1. The molecule has 0 spiro atoms. The van der Waals surface area contributed by atoms with Crippen molar-refractivity contribution in [3.63, 3.8) is 0 Å². The molecule has 1 aliphatic heterocycles. The van der Waals surface area contributed by atoms with Crippen molar-refractivity contribution in [2.24, 2.45) is 0 Å². The van der Waals surface area contributed by atoms with Crippen LogP contribution in [0.5, 0.6) is 5.75 Å². The summed E-state index contributed by atoms with van der Waals surface area (Å²) >= 11 is 5.86. The lowest BCUT2D eigenvalue weighted by atomic mass is 10.1. The number of sulfonamides is 2. The number of amides is 1. The number of halogens is 1. The van der Waals surface area contributed by atoms with Crippen LogP contribution >= 0.6 is 11.6 Å². The Kier molecular flexibility index (Phi) is 8.45. The van der Waals surface area contributed by atoms with Crippen LogP contribution < -0.4 is 13.8 Å². The quantitative estimate of drug-likeness (QED) is 0.534. The van der Waals surface area contributed by atoms with Gasteiger partial charge in [-0.25, -0.2) is 21.6 Å². The van der Waals surface area contributed by atoms with E-state index in [0.29, 0.717) is 18.1 Å². The van der Waals surface area contributed by atoms with Gasteiger partial charge in [0.15, 0.2) is 0 Å². The molecule has 2 aromatic rings. The summed E-state index contributed by atoms with van der Waals surface area (Å²) in [4.78, 5) is 13.9. The molecule has 9 nitrogen and oxygen atoms in total. The maximum atomic E-state index is 13.1. The van der Waals surface area contributed by atoms with Crippen molar-refractivity contribution in [1.82, 2.24) is 9.62 Å². The standard InChI is InChI=1S/C22H28ClN3O6S2/c1-25(34(30,31)18-8-6-17(23)7-9-18)20-16-19(10-11-21(20)32-2)33(28,29)24-13-12-22(27)26-14-4-3-5-15-26/h6-11,16,24H,3-5,12-15H2,1-2H3. The van der Waals surface area contributed by atoms with Crippen molar-refractivity contribution in [2.75, 3.05) is 38.1 Å². The van der Waals surface area contributed by atoms with Crippen LogP contribution in [0.25, 0.3) is 0 Å². The molecule has 0 aliphatic carbocycles. The van der Waals surface area contributed by atoms with E-state index in [9.17, 15) is 21.6 Å². The van der Waals surface area contributed by atoms with E-state index in [2.05, 4.69) is 4.72 Å². The minimum Gasteiger partial charge on any atom is -0.495 e. The molecule has 186 valence electrons.